The summed E-state index contributed by atoms with van der Waals surface area (Å²) in [6, 6.07) is 0. The third-order valence-electron chi connectivity index (χ3n) is 1.66. The van der Waals surface area contributed by atoms with Crippen molar-refractivity contribution in [1.29, 1.82) is 0 Å². The summed E-state index contributed by atoms with van der Waals surface area (Å²) in [6.07, 6.45) is 13.0. The summed E-state index contributed by atoms with van der Waals surface area (Å²) >= 11 is 1.47. The van der Waals surface area contributed by atoms with E-state index >= 15 is 0 Å². The molecule has 0 N–H and O–H groups in total. The van der Waals surface area contributed by atoms with E-state index in [0.29, 0.717) is 0 Å². The first-order chi connectivity index (χ1) is 5.00. The van der Waals surface area contributed by atoms with Crippen LogP contribution < -0.4 is 0 Å². The molecule has 0 heterocycles. The molecule has 0 fully saturated rings. The van der Waals surface area contributed by atoms with Crippen molar-refractivity contribution in [3.05, 3.63) is 12.2 Å². The fourth-order valence-corrected chi connectivity index (χ4v) is 1.11. The summed E-state index contributed by atoms with van der Waals surface area (Å²) in [7, 11) is 4.64. The van der Waals surface area contributed by atoms with Gasteiger partial charge in [0.25, 0.3) is 0 Å². The Morgan fingerprint density at radius 3 is 1.60 bits per heavy atom. The van der Waals surface area contributed by atoms with E-state index in [1.807, 2.05) is 0 Å². The Hall–Kier alpha value is 0.679. The van der Waals surface area contributed by atoms with Gasteiger partial charge in [0.15, 0.2) is 0 Å². The molecule has 0 atom stereocenters. The van der Waals surface area contributed by atoms with E-state index in [9.17, 15) is 0 Å². The molecule has 1 aliphatic carbocycles. The first-order valence-electron chi connectivity index (χ1n) is 3.78. The van der Waals surface area contributed by atoms with Crippen LogP contribution in [0.25, 0.3) is 0 Å². The van der Waals surface area contributed by atoms with E-state index in [4.69, 9.17) is 0 Å². The second-order valence-corrected chi connectivity index (χ2v) is 2.46. The molecule has 0 aliphatic heterocycles. The number of hydrogen-bond acceptors (Lipinski definition) is 0. The summed E-state index contributed by atoms with van der Waals surface area (Å²) in [5.41, 5.74) is 0. The standard InChI is InChI=1S/C8H14.ClH.Ir/c1-2-4-6-8-7-5-3-1;;/h1-2H,3-8H2;1H;/q;;+1/p-1. The van der Waals surface area contributed by atoms with Gasteiger partial charge in [0.05, 0.1) is 0 Å². The van der Waals surface area contributed by atoms with Crippen molar-refractivity contribution in [2.24, 2.45) is 0 Å². The molecule has 0 bridgehead atoms. The van der Waals surface area contributed by atoms with E-state index in [2.05, 4.69) is 21.7 Å². The number of rotatable bonds is 0. The molecule has 10 heavy (non-hydrogen) atoms. The minimum atomic E-state index is 1.32. The predicted octanol–water partition coefficient (Wildman–Crippen LogP) is 3.58. The van der Waals surface area contributed by atoms with Crippen LogP contribution in [-0.2, 0) is 17.9 Å². The zero-order chi connectivity index (χ0) is 7.66. The van der Waals surface area contributed by atoms with Crippen LogP contribution in [-0.4, -0.2) is 0 Å². The summed E-state index contributed by atoms with van der Waals surface area (Å²) in [6.45, 7) is 0. The Kier molecular flexibility index (Phi) is 10.3. The summed E-state index contributed by atoms with van der Waals surface area (Å²) in [4.78, 5) is 0. The fraction of sp³-hybridized carbons (Fsp3) is 0.750. The first-order valence-corrected chi connectivity index (χ1v) is 6.74. The molecule has 0 aromatic heterocycles. The van der Waals surface area contributed by atoms with E-state index in [0.717, 1.165) is 0 Å². The molecular weight excluding hydrogens is 324 g/mol. The molecule has 0 aromatic rings. The van der Waals surface area contributed by atoms with Gasteiger partial charge < -0.3 is 0 Å². The third-order valence-corrected chi connectivity index (χ3v) is 1.66. The van der Waals surface area contributed by atoms with E-state index < -0.39 is 0 Å². The van der Waals surface area contributed by atoms with Crippen molar-refractivity contribution in [1.82, 2.24) is 0 Å². The number of allylic oxidation sites excluding steroid dienone is 2. The quantitative estimate of drug-likeness (QED) is 0.593. The molecule has 0 nitrogen and oxygen atoms in total. The van der Waals surface area contributed by atoms with Crippen LogP contribution in [0, 0.1) is 0 Å². The SMILES string of the molecule is C1=CCCCCCC1.[Cl][Ir]. The molecule has 1 rings (SSSR count). The van der Waals surface area contributed by atoms with Gasteiger partial charge in [-0.25, -0.2) is 0 Å². The van der Waals surface area contributed by atoms with Gasteiger partial charge in [-0.15, -0.1) is 0 Å². The molecule has 0 saturated carbocycles. The average Bonchev–Trinajstić information content (AvgIpc) is 1.90. The molecular formula is C8H14ClIr. The van der Waals surface area contributed by atoms with Crippen molar-refractivity contribution < 1.29 is 17.9 Å². The van der Waals surface area contributed by atoms with Crippen LogP contribution in [0.1, 0.15) is 38.5 Å². The molecule has 0 radical (unpaired) electrons. The third kappa shape index (κ3) is 6.79. The Labute approximate surface area is 78.2 Å². The van der Waals surface area contributed by atoms with Crippen LogP contribution in [0.4, 0.5) is 0 Å². The van der Waals surface area contributed by atoms with Gasteiger partial charge in [-0.1, -0.05) is 25.0 Å². The molecule has 0 aromatic carbocycles. The van der Waals surface area contributed by atoms with E-state index in [1.54, 1.807) is 0 Å². The summed E-state index contributed by atoms with van der Waals surface area (Å²) in [5, 5.41) is 0. The molecule has 62 valence electrons. The van der Waals surface area contributed by atoms with Crippen LogP contribution in [0.2, 0.25) is 0 Å². The number of halogens is 1. The minimum absolute atomic E-state index is 1.32. The molecule has 0 amide bonds. The molecule has 0 spiro atoms. The van der Waals surface area contributed by atoms with E-state index in [1.165, 1.54) is 56.4 Å². The van der Waals surface area contributed by atoms with Gasteiger partial charge >= 0.3 is 27.5 Å². The topological polar surface area (TPSA) is 0 Å². The van der Waals surface area contributed by atoms with Crippen molar-refractivity contribution in [2.75, 3.05) is 0 Å². The molecule has 2 heteroatoms. The first kappa shape index (κ1) is 10.7. The zero-order valence-corrected chi connectivity index (χ0v) is 9.26. The average molecular weight is 338 g/mol. The molecule has 1 aliphatic rings. The summed E-state index contributed by atoms with van der Waals surface area (Å²) in [5.74, 6) is 0. The van der Waals surface area contributed by atoms with Gasteiger partial charge in [-0.3, -0.25) is 0 Å². The van der Waals surface area contributed by atoms with Crippen LogP contribution in [0.5, 0.6) is 0 Å². The van der Waals surface area contributed by atoms with E-state index in [-0.39, 0.29) is 0 Å². The Morgan fingerprint density at radius 2 is 1.20 bits per heavy atom. The van der Waals surface area contributed by atoms with Crippen molar-refractivity contribution in [3.8, 4) is 0 Å². The van der Waals surface area contributed by atoms with Crippen molar-refractivity contribution >= 4 is 9.58 Å². The normalized spacial score (nSPS) is 18.3. The van der Waals surface area contributed by atoms with Gasteiger partial charge in [0, 0.05) is 0 Å². The maximum absolute atomic E-state index is 4.64. The Balaban J connectivity index is 0.000000371. The van der Waals surface area contributed by atoms with Crippen LogP contribution >= 0.6 is 9.58 Å². The fourth-order valence-electron chi connectivity index (χ4n) is 1.11. The van der Waals surface area contributed by atoms with Gasteiger partial charge in [0.2, 0.25) is 0 Å². The molecule has 0 unspecified atom stereocenters. The van der Waals surface area contributed by atoms with Gasteiger partial charge in [-0.05, 0) is 25.7 Å². The van der Waals surface area contributed by atoms with Crippen molar-refractivity contribution in [3.63, 3.8) is 0 Å². The maximum atomic E-state index is 4.64. The van der Waals surface area contributed by atoms with Gasteiger partial charge in [-0.2, -0.15) is 0 Å². The predicted molar refractivity (Wildman–Crippen MR) is 42.7 cm³/mol. The Morgan fingerprint density at radius 1 is 0.800 bits per heavy atom. The van der Waals surface area contributed by atoms with Crippen molar-refractivity contribution in [2.45, 2.75) is 38.5 Å². The summed E-state index contributed by atoms with van der Waals surface area (Å²) < 4.78 is 0. The van der Waals surface area contributed by atoms with Crippen LogP contribution in [0.3, 0.4) is 0 Å². The zero-order valence-electron chi connectivity index (χ0n) is 6.11. The monoisotopic (exact) mass is 338 g/mol. The van der Waals surface area contributed by atoms with Crippen LogP contribution in [0.15, 0.2) is 12.2 Å². The second kappa shape index (κ2) is 9.68. The number of hydrogen-bond donors (Lipinski definition) is 0. The second-order valence-electron chi connectivity index (χ2n) is 2.46. The van der Waals surface area contributed by atoms with Gasteiger partial charge in [0.1, 0.15) is 0 Å². The molecule has 0 saturated heterocycles. The Bertz CT molecular complexity index is 71.3.